The van der Waals surface area contributed by atoms with E-state index in [0.29, 0.717) is 4.47 Å². The van der Waals surface area contributed by atoms with Crippen LogP contribution in [0.15, 0.2) is 53.7 Å². The summed E-state index contributed by atoms with van der Waals surface area (Å²) in [6.07, 6.45) is 0. The molecular weight excluding hydrogens is 578 g/mol. The van der Waals surface area contributed by atoms with E-state index in [9.17, 15) is 13.5 Å². The van der Waals surface area contributed by atoms with Crippen LogP contribution in [0.2, 0.25) is 0 Å². The van der Waals surface area contributed by atoms with Crippen molar-refractivity contribution in [3.8, 4) is 5.75 Å². The number of fused-ring (bicyclic) bond motifs is 1. The van der Waals surface area contributed by atoms with Crippen LogP contribution in [0.3, 0.4) is 0 Å². The van der Waals surface area contributed by atoms with E-state index in [4.69, 9.17) is 10.4 Å². The van der Waals surface area contributed by atoms with Crippen LogP contribution in [-0.4, -0.2) is 22.6 Å². The van der Waals surface area contributed by atoms with Gasteiger partial charge in [-0.15, -0.1) is 0 Å². The van der Waals surface area contributed by atoms with E-state index in [0.717, 1.165) is 4.80 Å². The van der Waals surface area contributed by atoms with E-state index in [1.165, 1.54) is 16.3 Å². The van der Waals surface area contributed by atoms with Crippen LogP contribution in [-0.2, 0) is 17.2 Å². The molecule has 0 amide bonds. The van der Waals surface area contributed by atoms with Crippen molar-refractivity contribution in [3.63, 3.8) is 0 Å². The minimum Gasteiger partial charge on any atom is -0.506 e. The molecule has 0 saturated carbocycles. The Morgan fingerprint density at radius 2 is 1.81 bits per heavy atom. The lowest BCUT2D eigenvalue weighted by molar-refractivity contribution is 0.459. The summed E-state index contributed by atoms with van der Waals surface area (Å²) in [5.74, 6) is 4.94. The quantitative estimate of drug-likeness (QED) is 0.226. The average Bonchev–Trinajstić information content (AvgIpc) is 2.89. The first-order chi connectivity index (χ1) is 12.1. The Labute approximate surface area is 178 Å². The van der Waals surface area contributed by atoms with Crippen LogP contribution >= 0.6 is 59.1 Å². The minimum absolute atomic E-state index is 0.0961. The van der Waals surface area contributed by atoms with E-state index >= 15 is 0 Å². The van der Waals surface area contributed by atoms with Gasteiger partial charge >= 0.3 is 0 Å². The normalized spacial score (nSPS) is 12.1. The van der Waals surface area contributed by atoms with Gasteiger partial charge in [0.15, 0.2) is 0 Å². The molecule has 140 valence electrons. The molecule has 3 rings (SSSR count). The van der Waals surface area contributed by atoms with E-state index in [1.54, 1.807) is 11.3 Å². The van der Waals surface area contributed by atoms with Gasteiger partial charge in [-0.2, -0.15) is 13.5 Å². The molecule has 0 saturated heterocycles. The third-order valence-corrected chi connectivity index (χ3v) is 7.78. The monoisotopic (exact) mass is 587 g/mol. The number of halogens is 3. The van der Waals surface area contributed by atoms with Crippen LogP contribution in [0.1, 0.15) is 0 Å². The molecule has 1 heterocycles. The van der Waals surface area contributed by atoms with E-state index < -0.39 is 15.0 Å². The molecule has 0 radical (unpaired) electrons. The summed E-state index contributed by atoms with van der Waals surface area (Å²) >= 11 is 10.4. The molecule has 0 fully saturated rings. The first-order valence-electron chi connectivity index (χ1n) is 6.70. The number of benzene rings is 2. The fraction of sp³-hybridized carbons (Fsp3) is 0.0714. The van der Waals surface area contributed by atoms with Gasteiger partial charge in [-0.25, -0.2) is 0 Å². The number of phenols is 1. The Balaban J connectivity index is 0.000000189. The Morgan fingerprint density at radius 3 is 2.35 bits per heavy atom. The summed E-state index contributed by atoms with van der Waals surface area (Å²) < 4.78 is 34.2. The number of aromatic hydroxyl groups is 1. The highest BCUT2D eigenvalue weighted by atomic mass is 79.9. The van der Waals surface area contributed by atoms with Crippen molar-refractivity contribution >= 4 is 79.5 Å². The number of para-hydroxylation sites is 1. The van der Waals surface area contributed by atoms with Gasteiger partial charge in [-0.3, -0.25) is 4.55 Å². The maximum atomic E-state index is 10.9. The van der Waals surface area contributed by atoms with Crippen molar-refractivity contribution in [1.82, 2.24) is 4.57 Å². The second-order valence-corrected chi connectivity index (χ2v) is 9.72. The van der Waals surface area contributed by atoms with Crippen LogP contribution in [0, 0.1) is 0 Å². The summed E-state index contributed by atoms with van der Waals surface area (Å²) in [4.78, 5) is 0.439. The van der Waals surface area contributed by atoms with Crippen molar-refractivity contribution < 1.29 is 18.1 Å². The second-order valence-electron chi connectivity index (χ2n) is 4.85. The number of hydrogen-bond donors (Lipinski definition) is 3. The number of rotatable bonds is 1. The molecule has 0 bridgehead atoms. The molecule has 0 aliphatic carbocycles. The second kappa shape index (κ2) is 8.40. The molecule has 0 spiro atoms. The fourth-order valence-electron chi connectivity index (χ4n) is 2.00. The first-order valence-corrected chi connectivity index (χ1v) is 11.3. The number of thiazole rings is 1. The van der Waals surface area contributed by atoms with Crippen molar-refractivity contribution in [1.29, 1.82) is 0 Å². The lowest BCUT2D eigenvalue weighted by Crippen LogP contribution is -2.11. The van der Waals surface area contributed by atoms with Crippen LogP contribution in [0.5, 0.6) is 5.75 Å². The Hall–Kier alpha value is -0.920. The molecule has 3 aromatic rings. The zero-order valence-corrected chi connectivity index (χ0v) is 19.4. The van der Waals surface area contributed by atoms with Gasteiger partial charge in [-0.05, 0) is 66.0 Å². The highest BCUT2D eigenvalue weighted by Crippen LogP contribution is 2.41. The number of hydrogen-bond acceptors (Lipinski definition) is 6. The number of aryl methyl sites for hydroxylation is 1. The third-order valence-electron chi connectivity index (χ3n) is 3.19. The van der Waals surface area contributed by atoms with Crippen LogP contribution in [0.4, 0.5) is 0 Å². The largest absolute Gasteiger partial charge is 0.506 e. The average molecular weight is 590 g/mol. The highest BCUT2D eigenvalue weighted by molar-refractivity contribution is 9.11. The minimum atomic E-state index is -4.38. The molecule has 1 aromatic heterocycles. The summed E-state index contributed by atoms with van der Waals surface area (Å²) in [5, 5.41) is 13.1. The van der Waals surface area contributed by atoms with Gasteiger partial charge < -0.3 is 15.5 Å². The lowest BCUT2D eigenvalue weighted by Gasteiger charge is -2.07. The molecule has 12 heteroatoms. The molecule has 0 aliphatic rings. The van der Waals surface area contributed by atoms with Gasteiger partial charge in [0.2, 0.25) is 4.80 Å². The predicted octanol–water partition coefficient (Wildman–Crippen LogP) is 3.94. The maximum absolute atomic E-state index is 10.9. The van der Waals surface area contributed by atoms with Crippen molar-refractivity contribution in [2.45, 2.75) is 4.90 Å². The van der Waals surface area contributed by atoms with Crippen LogP contribution < -0.4 is 10.6 Å². The zero-order chi connectivity index (χ0) is 19.6. The third kappa shape index (κ3) is 4.49. The summed E-state index contributed by atoms with van der Waals surface area (Å²) in [6.45, 7) is 0. The number of aromatic nitrogens is 1. The smallest absolute Gasteiger partial charge is 0.296 e. The molecule has 7 nitrogen and oxygen atoms in total. The van der Waals surface area contributed by atoms with Gasteiger partial charge in [-0.1, -0.05) is 23.5 Å². The number of nitrogens with two attached hydrogens (primary N) is 1. The van der Waals surface area contributed by atoms with Gasteiger partial charge in [0.25, 0.3) is 10.1 Å². The van der Waals surface area contributed by atoms with E-state index in [-0.39, 0.29) is 14.7 Å². The predicted molar refractivity (Wildman–Crippen MR) is 112 cm³/mol. The van der Waals surface area contributed by atoms with Crippen LogP contribution in [0.25, 0.3) is 10.2 Å². The Bertz CT molecular complexity index is 1140. The summed E-state index contributed by atoms with van der Waals surface area (Å²) in [6, 6.07) is 9.47. The maximum Gasteiger partial charge on any atom is 0.296 e. The van der Waals surface area contributed by atoms with Crippen molar-refractivity contribution in [2.75, 3.05) is 0 Å². The van der Waals surface area contributed by atoms with Gasteiger partial charge in [0, 0.05) is 11.5 Å². The van der Waals surface area contributed by atoms with Gasteiger partial charge in [0.1, 0.15) is 10.6 Å². The Kier molecular flexibility index (Phi) is 6.91. The van der Waals surface area contributed by atoms with Crippen molar-refractivity contribution in [3.05, 3.63) is 48.6 Å². The summed E-state index contributed by atoms with van der Waals surface area (Å²) in [7, 11) is -2.42. The molecule has 0 aliphatic heterocycles. The number of phenolic OH excluding ortho intramolecular Hbond substituents is 1. The molecular formula is C14H12Br3N3O4S2. The Morgan fingerprint density at radius 1 is 1.19 bits per heavy atom. The SMILES string of the molecule is Cn1/c(=N\N)sc2ccccc21.O=S(=O)(O)c1c(Br)cc(Br)c(O)c1Br. The van der Waals surface area contributed by atoms with E-state index in [1.807, 2.05) is 23.7 Å². The topological polar surface area (TPSA) is 118 Å². The van der Waals surface area contributed by atoms with Gasteiger partial charge in [0.05, 0.1) is 19.2 Å². The molecule has 0 unspecified atom stereocenters. The first kappa shape index (κ1) is 21.4. The molecule has 26 heavy (non-hydrogen) atoms. The van der Waals surface area contributed by atoms with Crippen molar-refractivity contribution in [2.24, 2.45) is 18.0 Å². The molecule has 2 aromatic carbocycles. The fourth-order valence-corrected chi connectivity index (χ4v) is 6.92. The lowest BCUT2D eigenvalue weighted by atomic mass is 10.3. The zero-order valence-electron chi connectivity index (χ0n) is 13.0. The number of nitrogens with zero attached hydrogens (tertiary/aromatic N) is 2. The molecule has 4 N–H and O–H groups in total. The standard InChI is InChI=1S/C8H9N3S.C6H3Br3O4S/c1-11-6-4-2-3-5-7(6)12-8(11)10-9;7-2-1-3(8)6(14(11,12)13)4(9)5(2)10/h2-5H,9H2,1H3;1,10H,(H,11,12,13)/b10-8+;. The summed E-state index contributed by atoms with van der Waals surface area (Å²) in [5.41, 5.74) is 1.17. The molecule has 0 atom stereocenters. The highest BCUT2D eigenvalue weighted by Gasteiger charge is 2.22. The van der Waals surface area contributed by atoms with E-state index in [2.05, 4.69) is 65.0 Å².